The Bertz CT molecular complexity index is 760. The predicted molar refractivity (Wildman–Crippen MR) is 89.6 cm³/mol. The van der Waals surface area contributed by atoms with E-state index in [2.05, 4.69) is 33.0 Å². The first-order chi connectivity index (χ1) is 10.1. The highest BCUT2D eigenvalue weighted by atomic mass is 127. The number of hydrogen-bond donors (Lipinski definition) is 1. The highest BCUT2D eigenvalue weighted by Crippen LogP contribution is 2.17. The molecule has 0 fully saturated rings. The summed E-state index contributed by atoms with van der Waals surface area (Å²) >= 11 is 2.23. The summed E-state index contributed by atoms with van der Waals surface area (Å²) in [5, 5.41) is 7.08. The molecule has 5 nitrogen and oxygen atoms in total. The first-order valence-electron chi connectivity index (χ1n) is 6.37. The molecule has 3 aromatic rings. The predicted octanol–water partition coefficient (Wildman–Crippen LogP) is 3.07. The summed E-state index contributed by atoms with van der Waals surface area (Å²) in [6.07, 6.45) is 5.36. The van der Waals surface area contributed by atoms with Crippen molar-refractivity contribution in [3.63, 3.8) is 0 Å². The summed E-state index contributed by atoms with van der Waals surface area (Å²) in [5.74, 6) is 0.566. The smallest absolute Gasteiger partial charge is 0.261 e. The van der Waals surface area contributed by atoms with Crippen molar-refractivity contribution in [2.24, 2.45) is 7.05 Å². The average molecular weight is 392 g/mol. The van der Waals surface area contributed by atoms with Crippen LogP contribution in [0, 0.1) is 3.57 Å². The Morgan fingerprint density at radius 1 is 1.19 bits per heavy atom. The van der Waals surface area contributed by atoms with Crippen molar-refractivity contribution >= 4 is 34.2 Å². The second-order valence-corrected chi connectivity index (χ2v) is 5.80. The SMILES string of the molecule is Cn1ncc(C(=O)Nc2ccc(I)cc2)c1-n1cccc1. The molecule has 0 atom stereocenters. The van der Waals surface area contributed by atoms with E-state index in [1.54, 1.807) is 10.9 Å². The third kappa shape index (κ3) is 2.85. The van der Waals surface area contributed by atoms with Crippen molar-refractivity contribution in [2.45, 2.75) is 0 Å². The van der Waals surface area contributed by atoms with Gasteiger partial charge in [-0.2, -0.15) is 5.10 Å². The lowest BCUT2D eigenvalue weighted by molar-refractivity contribution is 0.102. The van der Waals surface area contributed by atoms with E-state index in [0.717, 1.165) is 15.1 Å². The third-order valence-corrected chi connectivity index (χ3v) is 3.82. The van der Waals surface area contributed by atoms with Crippen LogP contribution in [0.2, 0.25) is 0 Å². The molecule has 1 N–H and O–H groups in total. The Kier molecular flexibility index (Phi) is 3.78. The van der Waals surface area contributed by atoms with E-state index >= 15 is 0 Å². The standard InChI is InChI=1S/C15H13IN4O/c1-19-15(20-8-2-3-9-20)13(10-17-19)14(21)18-12-6-4-11(16)5-7-12/h2-10H,1H3,(H,18,21). The highest BCUT2D eigenvalue weighted by Gasteiger charge is 2.17. The molecule has 3 rings (SSSR count). The summed E-state index contributed by atoms with van der Waals surface area (Å²) in [6, 6.07) is 11.5. The first-order valence-corrected chi connectivity index (χ1v) is 7.45. The summed E-state index contributed by atoms with van der Waals surface area (Å²) in [7, 11) is 1.82. The van der Waals surface area contributed by atoms with Crippen LogP contribution >= 0.6 is 22.6 Å². The summed E-state index contributed by atoms with van der Waals surface area (Å²) in [4.78, 5) is 12.4. The van der Waals surface area contributed by atoms with E-state index in [4.69, 9.17) is 0 Å². The fourth-order valence-electron chi connectivity index (χ4n) is 2.10. The van der Waals surface area contributed by atoms with E-state index < -0.39 is 0 Å². The molecular weight excluding hydrogens is 379 g/mol. The molecule has 2 heterocycles. The van der Waals surface area contributed by atoms with Crippen LogP contribution in [0.15, 0.2) is 55.0 Å². The molecule has 0 bridgehead atoms. The monoisotopic (exact) mass is 392 g/mol. The normalized spacial score (nSPS) is 10.6. The topological polar surface area (TPSA) is 51.9 Å². The molecule has 2 aromatic heterocycles. The van der Waals surface area contributed by atoms with Gasteiger partial charge in [0, 0.05) is 28.7 Å². The maximum absolute atomic E-state index is 12.4. The maximum Gasteiger partial charge on any atom is 0.261 e. The summed E-state index contributed by atoms with van der Waals surface area (Å²) in [6.45, 7) is 0. The summed E-state index contributed by atoms with van der Waals surface area (Å²) < 4.78 is 4.68. The van der Waals surface area contributed by atoms with E-state index in [1.165, 1.54) is 0 Å². The minimum Gasteiger partial charge on any atom is -0.322 e. The van der Waals surface area contributed by atoms with Gasteiger partial charge in [0.2, 0.25) is 0 Å². The number of halogens is 1. The maximum atomic E-state index is 12.4. The Labute approximate surface area is 135 Å². The van der Waals surface area contributed by atoms with Gasteiger partial charge in [0.05, 0.1) is 6.20 Å². The van der Waals surface area contributed by atoms with Crippen LogP contribution in [0.4, 0.5) is 5.69 Å². The Balaban J connectivity index is 1.90. The average Bonchev–Trinajstić information content (AvgIpc) is 3.10. The van der Waals surface area contributed by atoms with Crippen molar-refractivity contribution in [1.82, 2.24) is 14.3 Å². The zero-order valence-corrected chi connectivity index (χ0v) is 13.5. The zero-order valence-electron chi connectivity index (χ0n) is 11.3. The van der Waals surface area contributed by atoms with Gasteiger partial charge in [-0.15, -0.1) is 0 Å². The number of carbonyl (C=O) groups excluding carboxylic acids is 1. The number of aryl methyl sites for hydroxylation is 1. The van der Waals surface area contributed by atoms with Gasteiger partial charge in [-0.05, 0) is 59.0 Å². The van der Waals surface area contributed by atoms with Crippen LogP contribution in [0.3, 0.4) is 0 Å². The minimum absolute atomic E-state index is 0.173. The molecule has 0 aliphatic heterocycles. The van der Waals surface area contributed by atoms with Crippen molar-refractivity contribution in [1.29, 1.82) is 0 Å². The number of nitrogens with one attached hydrogen (secondary N) is 1. The molecule has 1 aromatic carbocycles. The van der Waals surface area contributed by atoms with Gasteiger partial charge in [-0.1, -0.05) is 0 Å². The van der Waals surface area contributed by atoms with E-state index in [0.29, 0.717) is 5.56 Å². The van der Waals surface area contributed by atoms with Gasteiger partial charge in [0.15, 0.2) is 0 Å². The van der Waals surface area contributed by atoms with Crippen LogP contribution in [-0.4, -0.2) is 20.3 Å². The number of benzene rings is 1. The highest BCUT2D eigenvalue weighted by molar-refractivity contribution is 14.1. The second kappa shape index (κ2) is 5.72. The molecule has 0 radical (unpaired) electrons. The van der Waals surface area contributed by atoms with Gasteiger partial charge in [0.1, 0.15) is 11.4 Å². The van der Waals surface area contributed by atoms with E-state index in [9.17, 15) is 4.79 Å². The molecule has 0 aliphatic carbocycles. The Hall–Kier alpha value is -2.09. The quantitative estimate of drug-likeness (QED) is 0.697. The number of anilines is 1. The van der Waals surface area contributed by atoms with Crippen LogP contribution < -0.4 is 5.32 Å². The van der Waals surface area contributed by atoms with Crippen molar-refractivity contribution in [3.8, 4) is 5.82 Å². The second-order valence-electron chi connectivity index (χ2n) is 4.56. The lowest BCUT2D eigenvalue weighted by Gasteiger charge is -2.08. The lowest BCUT2D eigenvalue weighted by Crippen LogP contribution is -2.14. The van der Waals surface area contributed by atoms with Gasteiger partial charge in [0.25, 0.3) is 5.91 Å². The fourth-order valence-corrected chi connectivity index (χ4v) is 2.46. The Morgan fingerprint density at radius 2 is 1.86 bits per heavy atom. The number of aromatic nitrogens is 3. The zero-order chi connectivity index (χ0) is 14.8. The van der Waals surface area contributed by atoms with Gasteiger partial charge >= 0.3 is 0 Å². The Morgan fingerprint density at radius 3 is 2.52 bits per heavy atom. The molecule has 0 aliphatic rings. The number of hydrogen-bond acceptors (Lipinski definition) is 2. The molecule has 0 unspecified atom stereocenters. The van der Waals surface area contributed by atoms with E-state index in [-0.39, 0.29) is 5.91 Å². The number of rotatable bonds is 3. The third-order valence-electron chi connectivity index (χ3n) is 3.10. The number of nitrogens with zero attached hydrogens (tertiary/aromatic N) is 3. The summed E-state index contributed by atoms with van der Waals surface area (Å²) in [5.41, 5.74) is 1.30. The molecule has 0 saturated heterocycles. The first kappa shape index (κ1) is 13.9. The van der Waals surface area contributed by atoms with Crippen molar-refractivity contribution in [2.75, 3.05) is 5.32 Å². The molecule has 6 heteroatoms. The van der Waals surface area contributed by atoms with Crippen molar-refractivity contribution in [3.05, 3.63) is 64.1 Å². The molecule has 0 spiro atoms. The lowest BCUT2D eigenvalue weighted by atomic mass is 10.2. The fraction of sp³-hybridized carbons (Fsp3) is 0.0667. The molecule has 106 valence electrons. The minimum atomic E-state index is -0.173. The van der Waals surface area contributed by atoms with Crippen LogP contribution in [0.25, 0.3) is 5.82 Å². The molecule has 0 saturated carbocycles. The number of amides is 1. The van der Waals surface area contributed by atoms with Gasteiger partial charge < -0.3 is 9.88 Å². The largest absolute Gasteiger partial charge is 0.322 e. The molecule has 1 amide bonds. The van der Waals surface area contributed by atoms with Crippen LogP contribution in [0.1, 0.15) is 10.4 Å². The van der Waals surface area contributed by atoms with Gasteiger partial charge in [-0.25, -0.2) is 0 Å². The van der Waals surface area contributed by atoms with E-state index in [1.807, 2.05) is 60.4 Å². The molecular formula is C15H13IN4O. The van der Waals surface area contributed by atoms with Crippen LogP contribution in [-0.2, 0) is 7.05 Å². The number of carbonyl (C=O) groups is 1. The van der Waals surface area contributed by atoms with Crippen LogP contribution in [0.5, 0.6) is 0 Å². The van der Waals surface area contributed by atoms with Crippen molar-refractivity contribution < 1.29 is 4.79 Å². The van der Waals surface area contributed by atoms with Gasteiger partial charge in [-0.3, -0.25) is 9.48 Å². The molecule has 21 heavy (non-hydrogen) atoms.